The summed E-state index contributed by atoms with van der Waals surface area (Å²) in [5.41, 5.74) is 0.552. The van der Waals surface area contributed by atoms with Crippen LogP contribution in [0.5, 0.6) is 0 Å². The van der Waals surface area contributed by atoms with Gasteiger partial charge in [0.2, 0.25) is 0 Å². The van der Waals surface area contributed by atoms with E-state index in [0.717, 1.165) is 24.8 Å². The van der Waals surface area contributed by atoms with Gasteiger partial charge in [-0.3, -0.25) is 9.78 Å². The summed E-state index contributed by atoms with van der Waals surface area (Å²) >= 11 is 0. The molecule has 0 saturated heterocycles. The minimum absolute atomic E-state index is 0.599. The number of aryl methyl sites for hydroxylation is 1. The molecule has 0 radical (unpaired) electrons. The highest BCUT2D eigenvalue weighted by molar-refractivity contribution is 5.74. The van der Waals surface area contributed by atoms with Crippen molar-refractivity contribution in [2.24, 2.45) is 5.41 Å². The van der Waals surface area contributed by atoms with Crippen molar-refractivity contribution in [3.63, 3.8) is 0 Å². The van der Waals surface area contributed by atoms with Gasteiger partial charge in [-0.2, -0.15) is 0 Å². The zero-order valence-corrected chi connectivity index (χ0v) is 9.94. The first-order valence-corrected chi connectivity index (χ1v) is 5.71. The summed E-state index contributed by atoms with van der Waals surface area (Å²) in [6.45, 7) is 3.85. The van der Waals surface area contributed by atoms with Crippen LogP contribution in [-0.2, 0) is 11.2 Å². The highest BCUT2D eigenvalue weighted by Crippen LogP contribution is 2.29. The maximum absolute atomic E-state index is 11.2. The third-order valence-corrected chi connectivity index (χ3v) is 3.03. The van der Waals surface area contributed by atoms with Crippen molar-refractivity contribution < 1.29 is 9.90 Å². The molecular weight excluding hydrogens is 202 g/mol. The Morgan fingerprint density at radius 2 is 2.00 bits per heavy atom. The molecule has 3 nitrogen and oxygen atoms in total. The van der Waals surface area contributed by atoms with Crippen molar-refractivity contribution >= 4 is 5.97 Å². The molecule has 1 atom stereocenters. The number of hydrogen-bond acceptors (Lipinski definition) is 2. The van der Waals surface area contributed by atoms with E-state index in [4.69, 9.17) is 0 Å². The lowest BCUT2D eigenvalue weighted by atomic mass is 9.80. The van der Waals surface area contributed by atoms with Crippen molar-refractivity contribution in [1.29, 1.82) is 0 Å². The van der Waals surface area contributed by atoms with Gasteiger partial charge >= 0.3 is 5.97 Å². The summed E-state index contributed by atoms with van der Waals surface area (Å²) < 4.78 is 0. The number of carbonyl (C=O) groups is 1. The summed E-state index contributed by atoms with van der Waals surface area (Å²) in [6, 6.07) is 3.88. The molecule has 1 aromatic rings. The molecule has 0 aliphatic heterocycles. The minimum atomic E-state index is -0.691. The molecule has 88 valence electrons. The van der Waals surface area contributed by atoms with Crippen LogP contribution in [0.15, 0.2) is 24.5 Å². The smallest absolute Gasteiger partial charge is 0.309 e. The molecule has 0 amide bonds. The van der Waals surface area contributed by atoms with Crippen molar-refractivity contribution in [3.05, 3.63) is 30.1 Å². The van der Waals surface area contributed by atoms with Crippen LogP contribution >= 0.6 is 0 Å². The molecular formula is C13H19NO2. The Bertz CT molecular complexity index is 337. The van der Waals surface area contributed by atoms with Crippen molar-refractivity contribution in [3.8, 4) is 0 Å². The summed E-state index contributed by atoms with van der Waals surface area (Å²) in [6.07, 6.45) is 6.60. The SMILES string of the molecule is CCCC(C)(CCc1ccncc1)C(=O)O. The van der Waals surface area contributed by atoms with E-state index in [0.29, 0.717) is 6.42 Å². The average Bonchev–Trinajstić information content (AvgIpc) is 2.28. The fourth-order valence-electron chi connectivity index (χ4n) is 1.86. The third-order valence-electron chi connectivity index (χ3n) is 3.03. The van der Waals surface area contributed by atoms with E-state index in [1.165, 1.54) is 0 Å². The van der Waals surface area contributed by atoms with Crippen LogP contribution in [0.25, 0.3) is 0 Å². The topological polar surface area (TPSA) is 50.2 Å². The maximum atomic E-state index is 11.2. The Morgan fingerprint density at radius 1 is 1.38 bits per heavy atom. The lowest BCUT2D eigenvalue weighted by molar-refractivity contribution is -0.148. The third kappa shape index (κ3) is 3.33. The number of hydrogen-bond donors (Lipinski definition) is 1. The molecule has 1 rings (SSSR count). The Morgan fingerprint density at radius 3 is 2.50 bits per heavy atom. The summed E-state index contributed by atoms with van der Waals surface area (Å²) in [7, 11) is 0. The van der Waals surface area contributed by atoms with E-state index in [2.05, 4.69) is 4.98 Å². The zero-order valence-electron chi connectivity index (χ0n) is 9.94. The van der Waals surface area contributed by atoms with Crippen molar-refractivity contribution in [2.75, 3.05) is 0 Å². The van der Waals surface area contributed by atoms with Gasteiger partial charge in [-0.1, -0.05) is 13.3 Å². The molecule has 0 aromatic carbocycles. The van der Waals surface area contributed by atoms with Crippen LogP contribution in [0.3, 0.4) is 0 Å². The molecule has 1 N–H and O–H groups in total. The molecule has 0 aliphatic rings. The van der Waals surface area contributed by atoms with Gasteiger partial charge in [-0.05, 0) is 43.9 Å². The van der Waals surface area contributed by atoms with E-state index in [9.17, 15) is 9.90 Å². The first-order valence-electron chi connectivity index (χ1n) is 5.71. The molecule has 0 fully saturated rings. The summed E-state index contributed by atoms with van der Waals surface area (Å²) in [5, 5.41) is 9.23. The summed E-state index contributed by atoms with van der Waals surface area (Å²) in [5.74, 6) is -0.691. The van der Waals surface area contributed by atoms with Gasteiger partial charge in [0.1, 0.15) is 0 Å². The van der Waals surface area contributed by atoms with Gasteiger partial charge in [0.25, 0.3) is 0 Å². The number of carboxylic acid groups (broad SMARTS) is 1. The normalized spacial score (nSPS) is 14.4. The van der Waals surface area contributed by atoms with E-state index < -0.39 is 11.4 Å². The maximum Gasteiger partial charge on any atom is 0.309 e. The minimum Gasteiger partial charge on any atom is -0.481 e. The lowest BCUT2D eigenvalue weighted by Crippen LogP contribution is -2.28. The molecule has 0 spiro atoms. The second kappa shape index (κ2) is 5.64. The van der Waals surface area contributed by atoms with Crippen molar-refractivity contribution in [1.82, 2.24) is 4.98 Å². The zero-order chi connectivity index (χ0) is 12.0. The number of aliphatic carboxylic acids is 1. The van der Waals surface area contributed by atoms with Crippen LogP contribution in [0.4, 0.5) is 0 Å². The quantitative estimate of drug-likeness (QED) is 0.803. The lowest BCUT2D eigenvalue weighted by Gasteiger charge is -2.24. The van der Waals surface area contributed by atoms with E-state index in [1.54, 1.807) is 12.4 Å². The second-order valence-corrected chi connectivity index (χ2v) is 4.47. The molecule has 1 heterocycles. The number of carboxylic acids is 1. The van der Waals surface area contributed by atoms with Gasteiger partial charge in [-0.25, -0.2) is 0 Å². The van der Waals surface area contributed by atoms with Gasteiger partial charge in [0, 0.05) is 12.4 Å². The first kappa shape index (κ1) is 12.7. The number of nitrogens with zero attached hydrogens (tertiary/aromatic N) is 1. The number of pyridine rings is 1. The van der Waals surface area contributed by atoms with E-state index in [1.807, 2.05) is 26.0 Å². The largest absolute Gasteiger partial charge is 0.481 e. The molecule has 1 aromatic heterocycles. The van der Waals surface area contributed by atoms with Crippen LogP contribution in [0, 0.1) is 5.41 Å². The van der Waals surface area contributed by atoms with Gasteiger partial charge in [0.05, 0.1) is 5.41 Å². The number of rotatable bonds is 6. The molecule has 0 saturated carbocycles. The van der Waals surface area contributed by atoms with Crippen LogP contribution in [-0.4, -0.2) is 16.1 Å². The Kier molecular flexibility index (Phi) is 4.47. The molecule has 0 aliphatic carbocycles. The highest BCUT2D eigenvalue weighted by atomic mass is 16.4. The predicted octanol–water partition coefficient (Wildman–Crippen LogP) is 2.91. The fourth-order valence-corrected chi connectivity index (χ4v) is 1.86. The fraction of sp³-hybridized carbons (Fsp3) is 0.538. The average molecular weight is 221 g/mol. The Hall–Kier alpha value is -1.38. The highest BCUT2D eigenvalue weighted by Gasteiger charge is 2.31. The molecule has 3 heteroatoms. The monoisotopic (exact) mass is 221 g/mol. The van der Waals surface area contributed by atoms with Gasteiger partial charge in [-0.15, -0.1) is 0 Å². The Balaban J connectivity index is 2.60. The molecule has 0 bridgehead atoms. The standard InChI is InChI=1S/C13H19NO2/c1-3-7-13(2,12(15)16)8-4-11-5-9-14-10-6-11/h5-6,9-10H,3-4,7-8H2,1-2H3,(H,15,16). The van der Waals surface area contributed by atoms with E-state index >= 15 is 0 Å². The van der Waals surface area contributed by atoms with Crippen molar-refractivity contribution in [2.45, 2.75) is 39.5 Å². The van der Waals surface area contributed by atoms with Gasteiger partial charge in [0.15, 0.2) is 0 Å². The predicted molar refractivity (Wildman–Crippen MR) is 63.2 cm³/mol. The van der Waals surface area contributed by atoms with Crippen LogP contribution in [0.1, 0.15) is 38.7 Å². The Labute approximate surface area is 96.5 Å². The van der Waals surface area contributed by atoms with Gasteiger partial charge < -0.3 is 5.11 Å². The molecule has 1 unspecified atom stereocenters. The number of aromatic nitrogens is 1. The first-order chi connectivity index (χ1) is 7.58. The van der Waals surface area contributed by atoms with Crippen LogP contribution < -0.4 is 0 Å². The summed E-state index contributed by atoms with van der Waals surface area (Å²) in [4.78, 5) is 15.2. The van der Waals surface area contributed by atoms with Crippen LogP contribution in [0.2, 0.25) is 0 Å². The molecule has 16 heavy (non-hydrogen) atoms. The second-order valence-electron chi connectivity index (χ2n) is 4.47. The van der Waals surface area contributed by atoms with E-state index in [-0.39, 0.29) is 0 Å².